The Hall–Kier alpha value is -3.15. The van der Waals surface area contributed by atoms with E-state index < -0.39 is 0 Å². The van der Waals surface area contributed by atoms with Crippen molar-refractivity contribution < 1.29 is 13.9 Å². The zero-order chi connectivity index (χ0) is 19.2. The van der Waals surface area contributed by atoms with Crippen LogP contribution in [0.3, 0.4) is 0 Å². The number of nitrogens with zero attached hydrogens (tertiary/aromatic N) is 2. The molecule has 1 atom stereocenters. The molecule has 0 aliphatic carbocycles. The summed E-state index contributed by atoms with van der Waals surface area (Å²) >= 11 is 0. The monoisotopic (exact) mass is 367 g/mol. The third-order valence-corrected chi connectivity index (χ3v) is 4.31. The van der Waals surface area contributed by atoms with Crippen LogP contribution >= 0.6 is 0 Å². The Bertz CT molecular complexity index is 845. The van der Waals surface area contributed by atoms with E-state index in [1.165, 1.54) is 6.08 Å². The second-order valence-electron chi connectivity index (χ2n) is 6.34. The van der Waals surface area contributed by atoms with Gasteiger partial charge in [-0.3, -0.25) is 9.78 Å². The molecule has 5 nitrogen and oxygen atoms in total. The van der Waals surface area contributed by atoms with E-state index in [0.29, 0.717) is 5.75 Å². The molecule has 1 N–H and O–H groups in total. The number of hydrogen-bond acceptors (Lipinski definition) is 4. The minimum Gasteiger partial charge on any atom is -0.495 e. The number of anilines is 1. The number of carbonyl (C=O) groups excluding carboxylic acids is 1. The van der Waals surface area contributed by atoms with Gasteiger partial charge in [-0.1, -0.05) is 12.1 Å². The summed E-state index contributed by atoms with van der Waals surface area (Å²) in [5.74, 6) is 0.415. The molecule has 1 aliphatic rings. The molecular formula is C21H22FN3O2. The number of aromatic nitrogens is 1. The van der Waals surface area contributed by atoms with Crippen molar-refractivity contribution in [2.45, 2.75) is 19.4 Å². The summed E-state index contributed by atoms with van der Waals surface area (Å²) in [4.78, 5) is 18.4. The van der Waals surface area contributed by atoms with Gasteiger partial charge in [0.25, 0.3) is 0 Å². The zero-order valence-electron chi connectivity index (χ0n) is 15.4. The van der Waals surface area contributed by atoms with Gasteiger partial charge in [-0.25, -0.2) is 4.39 Å². The molecule has 6 heteroatoms. The van der Waals surface area contributed by atoms with E-state index in [1.54, 1.807) is 19.4 Å². The lowest BCUT2D eigenvalue weighted by atomic mass is 10.1. The number of carbonyl (C=O) groups is 1. The van der Waals surface area contributed by atoms with Gasteiger partial charge in [0.2, 0.25) is 5.91 Å². The Morgan fingerprint density at radius 1 is 1.30 bits per heavy atom. The van der Waals surface area contributed by atoms with Crippen LogP contribution in [-0.2, 0) is 11.2 Å². The molecular weight excluding hydrogens is 345 g/mol. The van der Waals surface area contributed by atoms with Crippen LogP contribution in [0.2, 0.25) is 0 Å². The Labute approximate surface area is 158 Å². The lowest BCUT2D eigenvalue weighted by Gasteiger charge is -2.22. The van der Waals surface area contributed by atoms with Crippen LogP contribution in [0.1, 0.15) is 24.2 Å². The summed E-state index contributed by atoms with van der Waals surface area (Å²) in [6, 6.07) is 11.0. The maximum atomic E-state index is 13.4. The largest absolute Gasteiger partial charge is 0.495 e. The molecule has 0 saturated heterocycles. The summed E-state index contributed by atoms with van der Waals surface area (Å²) in [5, 5.41) is 2.95. The number of nitrogens with one attached hydrogen (secondary N) is 1. The van der Waals surface area contributed by atoms with Gasteiger partial charge in [-0.2, -0.15) is 0 Å². The highest BCUT2D eigenvalue weighted by Crippen LogP contribution is 2.20. The molecule has 0 saturated carbocycles. The smallest absolute Gasteiger partial charge is 0.224 e. The van der Waals surface area contributed by atoms with Crippen molar-refractivity contribution in [1.29, 1.82) is 0 Å². The fourth-order valence-corrected chi connectivity index (χ4v) is 2.82. The zero-order valence-corrected chi connectivity index (χ0v) is 15.4. The molecule has 2 heterocycles. The fraction of sp³-hybridized carbons (Fsp3) is 0.238. The molecule has 0 fully saturated rings. The number of hydrogen-bond donors (Lipinski definition) is 1. The quantitative estimate of drug-likeness (QED) is 0.846. The standard InChI is InChI=1S/C21H22FN3O2/c1-15(20-10-9-19(27-2)13-23-20)24-21(26)12-16-5-7-18(8-6-16)25-11-3-4-17(22)14-25/h3-11,13,15H,12,14H2,1-2H3,(H,24,26)/t15-/m1/s1. The van der Waals surface area contributed by atoms with Crippen LogP contribution in [0, 0.1) is 0 Å². The third-order valence-electron chi connectivity index (χ3n) is 4.31. The number of methoxy groups -OCH3 is 1. The van der Waals surface area contributed by atoms with Crippen molar-refractivity contribution in [3.05, 3.63) is 78.0 Å². The van der Waals surface area contributed by atoms with Crippen molar-refractivity contribution in [3.8, 4) is 5.75 Å². The van der Waals surface area contributed by atoms with Crippen molar-refractivity contribution in [2.75, 3.05) is 18.6 Å². The predicted octanol–water partition coefficient (Wildman–Crippen LogP) is 3.70. The summed E-state index contributed by atoms with van der Waals surface area (Å²) in [5.41, 5.74) is 2.55. The topological polar surface area (TPSA) is 54.5 Å². The molecule has 0 unspecified atom stereocenters. The van der Waals surface area contributed by atoms with Gasteiger partial charge in [-0.05, 0) is 48.9 Å². The number of benzene rings is 1. The SMILES string of the molecule is COc1ccc([C@@H](C)NC(=O)Cc2ccc(N3C=CC=C(F)C3)cc2)nc1. The van der Waals surface area contributed by atoms with Crippen LogP contribution in [-0.4, -0.2) is 24.5 Å². The second-order valence-corrected chi connectivity index (χ2v) is 6.34. The number of amides is 1. The molecule has 1 aliphatic heterocycles. The normalized spacial score (nSPS) is 14.5. The van der Waals surface area contributed by atoms with E-state index in [2.05, 4.69) is 10.3 Å². The van der Waals surface area contributed by atoms with E-state index in [1.807, 2.05) is 54.4 Å². The van der Waals surface area contributed by atoms with Crippen LogP contribution in [0.25, 0.3) is 0 Å². The number of halogens is 1. The summed E-state index contributed by atoms with van der Waals surface area (Å²) in [7, 11) is 1.59. The number of allylic oxidation sites excluding steroid dienone is 2. The number of pyridine rings is 1. The van der Waals surface area contributed by atoms with Crippen molar-refractivity contribution in [2.24, 2.45) is 0 Å². The first-order valence-corrected chi connectivity index (χ1v) is 8.73. The third kappa shape index (κ3) is 4.94. The van der Waals surface area contributed by atoms with Gasteiger partial charge in [-0.15, -0.1) is 0 Å². The van der Waals surface area contributed by atoms with Gasteiger partial charge in [0, 0.05) is 11.9 Å². The molecule has 140 valence electrons. The molecule has 1 aromatic heterocycles. The average molecular weight is 367 g/mol. The molecule has 2 aromatic rings. The van der Waals surface area contributed by atoms with E-state index in [0.717, 1.165) is 16.9 Å². The summed E-state index contributed by atoms with van der Waals surface area (Å²) in [6.07, 6.45) is 6.85. The van der Waals surface area contributed by atoms with Gasteiger partial charge >= 0.3 is 0 Å². The van der Waals surface area contributed by atoms with E-state index >= 15 is 0 Å². The molecule has 0 spiro atoms. The highest BCUT2D eigenvalue weighted by Gasteiger charge is 2.13. The van der Waals surface area contributed by atoms with Crippen molar-refractivity contribution >= 4 is 11.6 Å². The lowest BCUT2D eigenvalue weighted by molar-refractivity contribution is -0.121. The Morgan fingerprint density at radius 2 is 2.07 bits per heavy atom. The van der Waals surface area contributed by atoms with Crippen LogP contribution in [0.15, 0.2) is 66.8 Å². The lowest BCUT2D eigenvalue weighted by Crippen LogP contribution is -2.28. The van der Waals surface area contributed by atoms with Crippen LogP contribution in [0.5, 0.6) is 5.75 Å². The second kappa shape index (κ2) is 8.49. The Balaban J connectivity index is 1.55. The first-order valence-electron chi connectivity index (χ1n) is 8.73. The first-order chi connectivity index (χ1) is 13.0. The highest BCUT2D eigenvalue weighted by molar-refractivity contribution is 5.79. The fourth-order valence-electron chi connectivity index (χ4n) is 2.82. The molecule has 1 amide bonds. The highest BCUT2D eigenvalue weighted by atomic mass is 19.1. The minimum absolute atomic E-state index is 0.0836. The Morgan fingerprint density at radius 3 is 2.70 bits per heavy atom. The van der Waals surface area contributed by atoms with Gasteiger partial charge in [0.05, 0.1) is 38.0 Å². The number of ether oxygens (including phenoxy) is 1. The van der Waals surface area contributed by atoms with Gasteiger partial charge < -0.3 is 15.0 Å². The van der Waals surface area contributed by atoms with Crippen LogP contribution < -0.4 is 15.0 Å². The molecule has 3 rings (SSSR count). The summed E-state index contributed by atoms with van der Waals surface area (Å²) in [6.45, 7) is 2.11. The van der Waals surface area contributed by atoms with Crippen molar-refractivity contribution in [1.82, 2.24) is 10.3 Å². The van der Waals surface area contributed by atoms with E-state index in [9.17, 15) is 9.18 Å². The van der Waals surface area contributed by atoms with Gasteiger partial charge in [0.1, 0.15) is 11.6 Å². The van der Waals surface area contributed by atoms with E-state index in [-0.39, 0.29) is 30.7 Å². The molecule has 0 radical (unpaired) electrons. The molecule has 1 aromatic carbocycles. The van der Waals surface area contributed by atoms with Gasteiger partial charge in [0.15, 0.2) is 0 Å². The maximum absolute atomic E-state index is 13.4. The predicted molar refractivity (Wildman–Crippen MR) is 103 cm³/mol. The van der Waals surface area contributed by atoms with E-state index in [4.69, 9.17) is 4.74 Å². The summed E-state index contributed by atoms with van der Waals surface area (Å²) < 4.78 is 18.5. The first kappa shape index (κ1) is 18.6. The van der Waals surface area contributed by atoms with Crippen LogP contribution in [0.4, 0.5) is 10.1 Å². The number of rotatable bonds is 6. The maximum Gasteiger partial charge on any atom is 0.224 e. The molecule has 0 bridgehead atoms. The Kier molecular flexibility index (Phi) is 5.86. The van der Waals surface area contributed by atoms with Crippen molar-refractivity contribution in [3.63, 3.8) is 0 Å². The average Bonchev–Trinajstić information content (AvgIpc) is 2.68. The molecule has 27 heavy (non-hydrogen) atoms. The minimum atomic E-state index is -0.198.